The highest BCUT2D eigenvalue weighted by molar-refractivity contribution is 5.96. The third-order valence-corrected chi connectivity index (χ3v) is 6.55. The molecule has 0 aliphatic carbocycles. The molecule has 2 aromatic rings. The molecule has 2 aromatic carbocycles. The fraction of sp³-hybridized carbons (Fsp3) is 0.414. The van der Waals surface area contributed by atoms with Gasteiger partial charge in [-0.15, -0.1) is 0 Å². The topological polar surface area (TPSA) is 65.0 Å². The minimum Gasteiger partial charge on any atom is -0.458 e. The fourth-order valence-corrected chi connectivity index (χ4v) is 4.58. The van der Waals surface area contributed by atoms with Gasteiger partial charge < -0.3 is 19.3 Å². The number of rotatable bonds is 1. The lowest BCUT2D eigenvalue weighted by atomic mass is 9.93. The number of fused-ring (bicyclic) bond motifs is 2. The molecule has 1 N–H and O–H groups in total. The summed E-state index contributed by atoms with van der Waals surface area (Å²) in [6, 6.07) is 14.2. The van der Waals surface area contributed by atoms with Crippen LogP contribution in [0.25, 0.3) is 17.2 Å². The Balaban J connectivity index is 1.77. The van der Waals surface area contributed by atoms with Crippen molar-refractivity contribution in [3.63, 3.8) is 0 Å². The highest BCUT2D eigenvalue weighted by Gasteiger charge is 2.43. The van der Waals surface area contributed by atoms with Gasteiger partial charge in [0.05, 0.1) is 11.7 Å². The summed E-state index contributed by atoms with van der Waals surface area (Å²) >= 11 is 0. The van der Waals surface area contributed by atoms with Crippen molar-refractivity contribution in [2.75, 3.05) is 0 Å². The summed E-state index contributed by atoms with van der Waals surface area (Å²) in [7, 11) is 0. The van der Waals surface area contributed by atoms with Crippen LogP contribution in [0.3, 0.4) is 0 Å². The Morgan fingerprint density at radius 1 is 1.00 bits per heavy atom. The molecule has 5 atom stereocenters. The maximum absolute atomic E-state index is 13.3. The molecule has 4 rings (SSSR count). The van der Waals surface area contributed by atoms with Crippen LogP contribution in [0.2, 0.25) is 0 Å². The van der Waals surface area contributed by atoms with Gasteiger partial charge in [-0.05, 0) is 62.4 Å². The maximum atomic E-state index is 13.3. The zero-order valence-electron chi connectivity index (χ0n) is 20.5. The van der Waals surface area contributed by atoms with E-state index in [1.807, 2.05) is 83.2 Å². The van der Waals surface area contributed by atoms with Gasteiger partial charge in [0, 0.05) is 5.92 Å². The molecule has 5 nitrogen and oxygen atoms in total. The number of aryl methyl sites for hydroxylation is 1. The minimum absolute atomic E-state index is 0.0850. The van der Waals surface area contributed by atoms with Gasteiger partial charge in [-0.3, -0.25) is 0 Å². The maximum Gasteiger partial charge on any atom is 0.339 e. The van der Waals surface area contributed by atoms with E-state index in [1.165, 1.54) is 0 Å². The second kappa shape index (κ2) is 9.87. The molecule has 2 heterocycles. The van der Waals surface area contributed by atoms with Gasteiger partial charge in [-0.1, -0.05) is 67.6 Å². The Morgan fingerprint density at radius 3 is 2.47 bits per heavy atom. The third kappa shape index (κ3) is 5.33. The van der Waals surface area contributed by atoms with Crippen molar-refractivity contribution in [1.82, 2.24) is 0 Å². The van der Waals surface area contributed by atoms with Crippen molar-refractivity contribution in [3.8, 4) is 11.1 Å². The lowest BCUT2D eigenvalue weighted by Gasteiger charge is -2.22. The lowest BCUT2D eigenvalue weighted by Crippen LogP contribution is -2.34. The largest absolute Gasteiger partial charge is 0.458 e. The minimum atomic E-state index is -0.826. The first-order chi connectivity index (χ1) is 16.1. The molecule has 5 heteroatoms. The van der Waals surface area contributed by atoms with Gasteiger partial charge in [0.15, 0.2) is 5.79 Å². The van der Waals surface area contributed by atoms with Crippen LogP contribution >= 0.6 is 0 Å². The van der Waals surface area contributed by atoms with E-state index in [9.17, 15) is 9.90 Å². The Morgan fingerprint density at radius 2 is 1.74 bits per heavy atom. The number of aliphatic hydroxyl groups excluding tert-OH is 1. The summed E-state index contributed by atoms with van der Waals surface area (Å²) in [5.74, 6) is -1.21. The lowest BCUT2D eigenvalue weighted by molar-refractivity contribution is -0.152. The Hall–Kier alpha value is -2.73. The molecule has 34 heavy (non-hydrogen) atoms. The molecule has 0 spiro atoms. The smallest absolute Gasteiger partial charge is 0.339 e. The van der Waals surface area contributed by atoms with E-state index in [0.29, 0.717) is 12.0 Å². The van der Waals surface area contributed by atoms with Gasteiger partial charge in [0.2, 0.25) is 0 Å². The predicted molar refractivity (Wildman–Crippen MR) is 133 cm³/mol. The highest BCUT2D eigenvalue weighted by atomic mass is 16.8. The molecule has 1 unspecified atom stereocenters. The Kier molecular flexibility index (Phi) is 7.08. The quantitative estimate of drug-likeness (QED) is 0.435. The van der Waals surface area contributed by atoms with E-state index < -0.39 is 18.0 Å². The molecule has 2 aliphatic heterocycles. The monoisotopic (exact) mass is 462 g/mol. The van der Waals surface area contributed by atoms with Crippen LogP contribution in [-0.4, -0.2) is 41.3 Å². The highest BCUT2D eigenvalue weighted by Crippen LogP contribution is 2.34. The number of carbonyl (C=O) groups is 1. The summed E-state index contributed by atoms with van der Waals surface area (Å²) in [5.41, 5.74) is 4.35. The third-order valence-electron chi connectivity index (χ3n) is 6.55. The number of cyclic esters (lactones) is 1. The molecule has 0 amide bonds. The van der Waals surface area contributed by atoms with Crippen LogP contribution in [0.15, 0.2) is 60.7 Å². The van der Waals surface area contributed by atoms with Gasteiger partial charge in [0.1, 0.15) is 18.3 Å². The van der Waals surface area contributed by atoms with E-state index in [2.05, 4.69) is 12.1 Å². The summed E-state index contributed by atoms with van der Waals surface area (Å²) in [4.78, 5) is 13.3. The molecule has 1 saturated heterocycles. The van der Waals surface area contributed by atoms with E-state index in [0.717, 1.165) is 22.3 Å². The molecule has 0 saturated carbocycles. The molecule has 0 bridgehead atoms. The van der Waals surface area contributed by atoms with Crippen molar-refractivity contribution in [3.05, 3.63) is 77.4 Å². The second-order valence-corrected chi connectivity index (χ2v) is 9.75. The van der Waals surface area contributed by atoms with Crippen LogP contribution in [0.1, 0.15) is 55.6 Å². The number of ether oxygens (including phenoxy) is 3. The first kappa shape index (κ1) is 24.4. The zero-order valence-corrected chi connectivity index (χ0v) is 20.5. The summed E-state index contributed by atoms with van der Waals surface area (Å²) in [6.07, 6.45) is 6.08. The zero-order chi connectivity index (χ0) is 24.5. The number of hydrogen-bond donors (Lipinski definition) is 1. The van der Waals surface area contributed by atoms with Crippen molar-refractivity contribution in [2.45, 2.75) is 71.2 Å². The van der Waals surface area contributed by atoms with E-state index in [4.69, 9.17) is 14.2 Å². The molecular weight excluding hydrogens is 428 g/mol. The first-order valence-corrected chi connectivity index (χ1v) is 11.9. The molecule has 2 aliphatic rings. The van der Waals surface area contributed by atoms with Crippen molar-refractivity contribution in [1.29, 1.82) is 0 Å². The summed E-state index contributed by atoms with van der Waals surface area (Å²) < 4.78 is 18.0. The number of benzene rings is 2. The van der Waals surface area contributed by atoms with Crippen LogP contribution < -0.4 is 0 Å². The molecule has 0 aromatic heterocycles. The fourth-order valence-electron chi connectivity index (χ4n) is 4.58. The van der Waals surface area contributed by atoms with Crippen LogP contribution in [0.4, 0.5) is 0 Å². The summed E-state index contributed by atoms with van der Waals surface area (Å²) in [6.45, 7) is 9.50. The summed E-state index contributed by atoms with van der Waals surface area (Å²) in [5, 5.41) is 10.8. The second-order valence-electron chi connectivity index (χ2n) is 9.75. The van der Waals surface area contributed by atoms with Crippen LogP contribution in [-0.2, 0) is 14.2 Å². The molecule has 1 fully saturated rings. The number of hydrogen-bond acceptors (Lipinski definition) is 5. The van der Waals surface area contributed by atoms with E-state index >= 15 is 0 Å². The van der Waals surface area contributed by atoms with E-state index in [-0.39, 0.29) is 24.1 Å². The molecule has 0 radical (unpaired) electrons. The van der Waals surface area contributed by atoms with Crippen molar-refractivity contribution >= 4 is 12.0 Å². The van der Waals surface area contributed by atoms with Crippen LogP contribution in [0.5, 0.6) is 0 Å². The SMILES string of the molecule is Cc1cc(-c2ccccc2)cc2c1C(=O)O[C@@H](C)[C@H](C)/C=C\C(O)[C@H]1OC(C)(C)O[C@H]1CC=C2. The normalized spacial score (nSPS) is 30.1. The average molecular weight is 463 g/mol. The number of esters is 1. The van der Waals surface area contributed by atoms with Gasteiger partial charge in [-0.25, -0.2) is 4.79 Å². The average Bonchev–Trinajstić information content (AvgIpc) is 3.11. The Bertz CT molecular complexity index is 1090. The number of carbonyl (C=O) groups excluding carboxylic acids is 1. The van der Waals surface area contributed by atoms with Crippen LogP contribution in [0, 0.1) is 12.8 Å². The molecule has 180 valence electrons. The predicted octanol–water partition coefficient (Wildman–Crippen LogP) is 5.70. The van der Waals surface area contributed by atoms with Gasteiger partial charge >= 0.3 is 5.97 Å². The van der Waals surface area contributed by atoms with Crippen molar-refractivity contribution in [2.24, 2.45) is 5.92 Å². The number of aliphatic hydroxyl groups is 1. The van der Waals surface area contributed by atoms with Gasteiger partial charge in [0.25, 0.3) is 0 Å². The standard InChI is InChI=1S/C29H34O5/c1-18-14-15-24(30)27-25(33-29(4,5)34-27)13-9-12-22-17-23(21-10-7-6-8-11-21)16-19(2)26(22)28(31)32-20(18)3/h6-12,14-18,20,24-25,27,30H,13H2,1-5H3/b12-9?,15-14-/t18-,20+,24?,25+,27-/m1/s1. The Labute approximate surface area is 202 Å². The van der Waals surface area contributed by atoms with E-state index in [1.54, 1.807) is 6.08 Å². The first-order valence-electron chi connectivity index (χ1n) is 11.9. The molecular formula is C29H34O5. The van der Waals surface area contributed by atoms with Crippen molar-refractivity contribution < 1.29 is 24.1 Å². The van der Waals surface area contributed by atoms with Gasteiger partial charge in [-0.2, -0.15) is 0 Å².